The van der Waals surface area contributed by atoms with Crippen LogP contribution in [0, 0.1) is 0 Å². The summed E-state index contributed by atoms with van der Waals surface area (Å²) in [5.41, 5.74) is 0.342. The Morgan fingerprint density at radius 3 is 3.00 bits per heavy atom. The maximum atomic E-state index is 12.5. The molecule has 1 atom stereocenters. The summed E-state index contributed by atoms with van der Waals surface area (Å²) in [5.74, 6) is 0.395. The Morgan fingerprint density at radius 2 is 2.22 bits per heavy atom. The van der Waals surface area contributed by atoms with Crippen LogP contribution in [0.4, 0.5) is 0 Å². The van der Waals surface area contributed by atoms with E-state index in [1.54, 1.807) is 30.5 Å². The molecule has 0 saturated carbocycles. The number of nitrogens with one attached hydrogen (secondary N) is 1. The second kappa shape index (κ2) is 5.47. The zero-order chi connectivity index (χ0) is 16.0. The lowest BCUT2D eigenvalue weighted by Crippen LogP contribution is -2.36. The van der Waals surface area contributed by atoms with Gasteiger partial charge in [-0.2, -0.15) is 0 Å². The van der Waals surface area contributed by atoms with Crippen molar-refractivity contribution in [2.24, 2.45) is 0 Å². The molecule has 0 radical (unpaired) electrons. The van der Waals surface area contributed by atoms with Crippen molar-refractivity contribution in [2.75, 3.05) is 5.75 Å². The highest BCUT2D eigenvalue weighted by Gasteiger charge is 2.27. The standard InChI is InChI=1S/C15H11N3O3S2/c19-12(16-9-4-6-22-15(9)21)10-7-8-13(23-10)17-11-3-1-2-5-18(11)14(8)20/h1-3,5,7,9H,4,6H2,(H,16,19). The topological polar surface area (TPSA) is 80.5 Å². The maximum Gasteiger partial charge on any atom is 0.266 e. The molecule has 0 bridgehead atoms. The molecule has 6 nitrogen and oxygen atoms in total. The second-order valence-corrected chi connectivity index (χ2v) is 7.29. The average molecular weight is 345 g/mol. The van der Waals surface area contributed by atoms with E-state index in [2.05, 4.69) is 10.3 Å². The molecule has 1 unspecified atom stereocenters. The molecule has 1 fully saturated rings. The Kier molecular flexibility index (Phi) is 3.42. The molecule has 1 saturated heterocycles. The zero-order valence-corrected chi connectivity index (χ0v) is 13.4. The first-order chi connectivity index (χ1) is 11.1. The molecule has 8 heteroatoms. The fourth-order valence-corrected chi connectivity index (χ4v) is 4.38. The number of nitrogens with zero attached hydrogens (tertiary/aromatic N) is 2. The molecule has 1 aliphatic heterocycles. The Hall–Kier alpha value is -2.19. The van der Waals surface area contributed by atoms with Crippen LogP contribution in [0.5, 0.6) is 0 Å². The minimum atomic E-state index is -0.439. The molecule has 3 aromatic rings. The van der Waals surface area contributed by atoms with Crippen LogP contribution in [0.15, 0.2) is 35.3 Å². The number of carbonyl (C=O) groups excluding carboxylic acids is 2. The van der Waals surface area contributed by atoms with E-state index in [1.807, 2.05) is 0 Å². The first-order valence-electron chi connectivity index (χ1n) is 7.02. The lowest BCUT2D eigenvalue weighted by Gasteiger charge is -2.08. The number of pyridine rings is 1. The van der Waals surface area contributed by atoms with E-state index in [1.165, 1.54) is 16.2 Å². The van der Waals surface area contributed by atoms with Gasteiger partial charge in [0.2, 0.25) is 5.12 Å². The number of carbonyl (C=O) groups is 2. The molecule has 0 aromatic carbocycles. The van der Waals surface area contributed by atoms with Gasteiger partial charge in [0.15, 0.2) is 0 Å². The summed E-state index contributed by atoms with van der Waals surface area (Å²) in [7, 11) is 0. The fourth-order valence-electron chi connectivity index (χ4n) is 2.52. The van der Waals surface area contributed by atoms with Crippen molar-refractivity contribution in [3.63, 3.8) is 0 Å². The lowest BCUT2D eigenvalue weighted by molar-refractivity contribution is -0.112. The Bertz CT molecular complexity index is 1010. The van der Waals surface area contributed by atoms with Gasteiger partial charge in [0.25, 0.3) is 11.5 Å². The van der Waals surface area contributed by atoms with Gasteiger partial charge in [0.05, 0.1) is 16.3 Å². The van der Waals surface area contributed by atoms with Gasteiger partial charge >= 0.3 is 0 Å². The van der Waals surface area contributed by atoms with Crippen molar-refractivity contribution in [3.8, 4) is 0 Å². The van der Waals surface area contributed by atoms with Gasteiger partial charge in [-0.1, -0.05) is 17.8 Å². The highest BCUT2D eigenvalue weighted by atomic mass is 32.2. The van der Waals surface area contributed by atoms with E-state index in [-0.39, 0.29) is 16.6 Å². The minimum absolute atomic E-state index is 0.0107. The van der Waals surface area contributed by atoms with Crippen molar-refractivity contribution in [1.82, 2.24) is 14.7 Å². The van der Waals surface area contributed by atoms with Gasteiger partial charge in [-0.25, -0.2) is 4.98 Å². The number of fused-ring (bicyclic) bond motifs is 2. The summed E-state index contributed by atoms with van der Waals surface area (Å²) < 4.78 is 1.45. The molecule has 4 rings (SSSR count). The molecule has 1 amide bonds. The van der Waals surface area contributed by atoms with Crippen LogP contribution < -0.4 is 10.9 Å². The van der Waals surface area contributed by atoms with Crippen molar-refractivity contribution in [2.45, 2.75) is 12.5 Å². The van der Waals surface area contributed by atoms with Gasteiger partial charge in [-0.3, -0.25) is 18.8 Å². The smallest absolute Gasteiger partial charge is 0.266 e. The summed E-state index contributed by atoms with van der Waals surface area (Å²) in [6, 6.07) is 6.42. The first kappa shape index (κ1) is 14.4. The fraction of sp³-hybridized carbons (Fsp3) is 0.200. The Morgan fingerprint density at radius 1 is 1.35 bits per heavy atom. The number of hydrogen-bond donors (Lipinski definition) is 1. The third-order valence-electron chi connectivity index (χ3n) is 3.68. The zero-order valence-electron chi connectivity index (χ0n) is 11.8. The third kappa shape index (κ3) is 2.43. The van der Waals surface area contributed by atoms with Gasteiger partial charge in [-0.15, -0.1) is 11.3 Å². The van der Waals surface area contributed by atoms with Crippen LogP contribution in [0.3, 0.4) is 0 Å². The molecular formula is C15H11N3O3S2. The molecule has 4 heterocycles. The van der Waals surface area contributed by atoms with E-state index < -0.39 is 6.04 Å². The molecule has 0 spiro atoms. The maximum absolute atomic E-state index is 12.5. The number of aromatic nitrogens is 2. The van der Waals surface area contributed by atoms with Crippen molar-refractivity contribution >= 4 is 50.0 Å². The van der Waals surface area contributed by atoms with Crippen LogP contribution >= 0.6 is 23.1 Å². The first-order valence-corrected chi connectivity index (χ1v) is 8.82. The predicted octanol–water partition coefficient (Wildman–Crippen LogP) is 1.67. The summed E-state index contributed by atoms with van der Waals surface area (Å²) in [4.78, 5) is 41.7. The number of hydrogen-bond acceptors (Lipinski definition) is 6. The van der Waals surface area contributed by atoms with Crippen LogP contribution in [0.2, 0.25) is 0 Å². The van der Waals surface area contributed by atoms with Crippen LogP contribution in [-0.2, 0) is 4.79 Å². The van der Waals surface area contributed by atoms with E-state index in [4.69, 9.17) is 0 Å². The molecule has 116 valence electrons. The van der Waals surface area contributed by atoms with Crippen molar-refractivity contribution in [1.29, 1.82) is 0 Å². The SMILES string of the molecule is O=C(NC1CCSC1=O)c1cc2c(=O)n3ccccc3nc2s1. The van der Waals surface area contributed by atoms with Crippen molar-refractivity contribution < 1.29 is 9.59 Å². The molecule has 0 aliphatic carbocycles. The molecule has 3 aromatic heterocycles. The molecular weight excluding hydrogens is 334 g/mol. The van der Waals surface area contributed by atoms with Gasteiger partial charge in [0, 0.05) is 11.9 Å². The molecule has 23 heavy (non-hydrogen) atoms. The number of rotatable bonds is 2. The summed E-state index contributed by atoms with van der Waals surface area (Å²) in [5, 5.41) is 3.13. The van der Waals surface area contributed by atoms with E-state index >= 15 is 0 Å². The van der Waals surface area contributed by atoms with Gasteiger partial charge in [0.1, 0.15) is 10.5 Å². The van der Waals surface area contributed by atoms with Gasteiger partial charge in [-0.05, 0) is 24.6 Å². The largest absolute Gasteiger partial charge is 0.341 e. The predicted molar refractivity (Wildman–Crippen MR) is 90.2 cm³/mol. The van der Waals surface area contributed by atoms with Gasteiger partial charge < -0.3 is 5.32 Å². The number of thiophene rings is 1. The van der Waals surface area contributed by atoms with Crippen LogP contribution in [-0.4, -0.2) is 32.2 Å². The third-order valence-corrected chi connectivity index (χ3v) is 5.72. The normalized spacial score (nSPS) is 17.9. The van der Waals surface area contributed by atoms with Crippen LogP contribution in [0.25, 0.3) is 15.9 Å². The number of amides is 1. The quantitative estimate of drug-likeness (QED) is 0.764. The lowest BCUT2D eigenvalue weighted by atomic mass is 10.2. The van der Waals surface area contributed by atoms with Crippen LogP contribution in [0.1, 0.15) is 16.1 Å². The highest BCUT2D eigenvalue weighted by molar-refractivity contribution is 8.14. The monoisotopic (exact) mass is 345 g/mol. The summed E-state index contributed by atoms with van der Waals surface area (Å²) in [6.07, 6.45) is 2.29. The van der Waals surface area contributed by atoms with Crippen molar-refractivity contribution in [3.05, 3.63) is 45.7 Å². The van der Waals surface area contributed by atoms with E-state index in [0.717, 1.165) is 17.1 Å². The molecule has 1 N–H and O–H groups in total. The Balaban J connectivity index is 1.75. The number of thioether (sulfide) groups is 1. The second-order valence-electron chi connectivity index (χ2n) is 5.16. The molecule has 1 aliphatic rings. The summed E-state index contributed by atoms with van der Waals surface area (Å²) in [6.45, 7) is 0. The highest BCUT2D eigenvalue weighted by Crippen LogP contribution is 2.24. The Labute approximate surface area is 138 Å². The summed E-state index contributed by atoms with van der Waals surface area (Å²) >= 11 is 2.40. The van der Waals surface area contributed by atoms with E-state index in [0.29, 0.717) is 27.2 Å². The minimum Gasteiger partial charge on any atom is -0.341 e. The average Bonchev–Trinajstić information content (AvgIpc) is 3.15. The van der Waals surface area contributed by atoms with E-state index in [9.17, 15) is 14.4 Å².